The van der Waals surface area contributed by atoms with Gasteiger partial charge in [0.05, 0.1) is 0 Å². The molecule has 0 radical (unpaired) electrons. The molecule has 0 amide bonds. The van der Waals surface area contributed by atoms with Crippen molar-refractivity contribution in [1.29, 1.82) is 0 Å². The summed E-state index contributed by atoms with van der Waals surface area (Å²) in [7, 11) is 4.13. The maximum absolute atomic E-state index is 5.73. The first-order chi connectivity index (χ1) is 4.98. The molecule has 0 heterocycles. The molecule has 2 nitrogen and oxygen atoms in total. The molecule has 68 valence electrons. The maximum Gasteiger partial charge on any atom is 0.0400 e. The summed E-state index contributed by atoms with van der Waals surface area (Å²) in [6.07, 6.45) is 0. The fourth-order valence-electron chi connectivity index (χ4n) is 0.665. The van der Waals surface area contributed by atoms with Gasteiger partial charge in [0.2, 0.25) is 0 Å². The van der Waals surface area contributed by atoms with Crippen molar-refractivity contribution >= 4 is 11.6 Å². The molecule has 0 saturated heterocycles. The van der Waals surface area contributed by atoms with Gasteiger partial charge in [0, 0.05) is 24.5 Å². The quantitative estimate of drug-likeness (QED) is 0.636. The molecule has 0 rings (SSSR count). The van der Waals surface area contributed by atoms with E-state index >= 15 is 0 Å². The van der Waals surface area contributed by atoms with E-state index in [1.54, 1.807) is 0 Å². The number of hydrogen-bond acceptors (Lipinski definition) is 2. The van der Waals surface area contributed by atoms with E-state index in [1.165, 1.54) is 0 Å². The van der Waals surface area contributed by atoms with Crippen LogP contribution in [0.3, 0.4) is 0 Å². The molecule has 3 heteroatoms. The summed E-state index contributed by atoms with van der Waals surface area (Å²) in [5, 5.41) is 3.37. The lowest BCUT2D eigenvalue weighted by molar-refractivity contribution is 0.356. The van der Waals surface area contributed by atoms with E-state index < -0.39 is 0 Å². The van der Waals surface area contributed by atoms with Gasteiger partial charge in [-0.3, -0.25) is 0 Å². The van der Waals surface area contributed by atoms with Crippen LogP contribution in [0.2, 0.25) is 0 Å². The normalized spacial score (nSPS) is 12.5. The summed E-state index contributed by atoms with van der Waals surface area (Å²) in [4.78, 5) is 2.15. The van der Waals surface area contributed by atoms with E-state index in [1.807, 2.05) is 0 Å². The van der Waals surface area contributed by atoms with E-state index in [9.17, 15) is 0 Å². The van der Waals surface area contributed by atoms with Gasteiger partial charge in [-0.1, -0.05) is 0 Å². The molecular weight excluding hydrogens is 160 g/mol. The summed E-state index contributed by atoms with van der Waals surface area (Å²) >= 11 is 5.73. The van der Waals surface area contributed by atoms with Gasteiger partial charge >= 0.3 is 0 Å². The van der Waals surface area contributed by atoms with Crippen molar-refractivity contribution in [3.8, 4) is 0 Å². The third-order valence-corrected chi connectivity index (χ3v) is 2.16. The highest BCUT2D eigenvalue weighted by Gasteiger charge is 2.13. The Kier molecular flexibility index (Phi) is 5.06. The first-order valence-corrected chi connectivity index (χ1v) is 4.47. The summed E-state index contributed by atoms with van der Waals surface area (Å²) in [6, 6.07) is 0. The van der Waals surface area contributed by atoms with E-state index in [4.69, 9.17) is 11.6 Å². The molecule has 11 heavy (non-hydrogen) atoms. The maximum atomic E-state index is 5.73. The first kappa shape index (κ1) is 11.2. The summed E-state index contributed by atoms with van der Waals surface area (Å²) in [5.74, 6) is 0.653. The number of likely N-dealkylation sites (N-methyl/N-ethyl adjacent to an activating group) is 1. The van der Waals surface area contributed by atoms with Crippen LogP contribution < -0.4 is 5.32 Å². The first-order valence-electron chi connectivity index (χ1n) is 3.94. The molecule has 0 fully saturated rings. The van der Waals surface area contributed by atoms with Crippen LogP contribution in [0.4, 0.5) is 0 Å². The zero-order valence-corrected chi connectivity index (χ0v) is 8.70. The average Bonchev–Trinajstić information content (AvgIpc) is 1.87. The van der Waals surface area contributed by atoms with Crippen molar-refractivity contribution in [2.24, 2.45) is 0 Å². The Morgan fingerprint density at radius 1 is 1.36 bits per heavy atom. The van der Waals surface area contributed by atoms with Crippen molar-refractivity contribution in [3.63, 3.8) is 0 Å². The van der Waals surface area contributed by atoms with Crippen molar-refractivity contribution in [2.75, 3.05) is 33.1 Å². The Hall–Kier alpha value is 0.210. The number of nitrogens with one attached hydrogen (secondary N) is 1. The molecule has 1 N–H and O–H groups in total. The lowest BCUT2D eigenvalue weighted by Crippen LogP contribution is -2.43. The topological polar surface area (TPSA) is 15.3 Å². The summed E-state index contributed by atoms with van der Waals surface area (Å²) in [5.41, 5.74) is 0.0670. The van der Waals surface area contributed by atoms with E-state index in [0.29, 0.717) is 5.88 Å². The van der Waals surface area contributed by atoms with E-state index in [0.717, 1.165) is 13.1 Å². The molecule has 0 unspecified atom stereocenters. The fourth-order valence-corrected chi connectivity index (χ4v) is 0.760. The molecule has 0 bridgehead atoms. The van der Waals surface area contributed by atoms with Crippen LogP contribution in [0.25, 0.3) is 0 Å². The summed E-state index contributed by atoms with van der Waals surface area (Å²) in [6.45, 7) is 6.26. The Morgan fingerprint density at radius 3 is 2.27 bits per heavy atom. The van der Waals surface area contributed by atoms with E-state index in [2.05, 4.69) is 38.2 Å². The Balaban J connectivity index is 3.38. The number of nitrogens with zero attached hydrogens (tertiary/aromatic N) is 1. The van der Waals surface area contributed by atoms with Crippen LogP contribution in [-0.4, -0.2) is 43.5 Å². The number of alkyl halides is 1. The molecule has 0 aromatic heterocycles. The second-order valence-electron chi connectivity index (χ2n) is 3.75. The standard InChI is InChI=1S/C8H19ClN2/c1-8(2,7-9)10-5-6-11(3)4/h10H,5-7H2,1-4H3. The molecule has 0 aliphatic rings. The van der Waals surface area contributed by atoms with Crippen molar-refractivity contribution < 1.29 is 0 Å². The van der Waals surface area contributed by atoms with Crippen molar-refractivity contribution in [2.45, 2.75) is 19.4 Å². The molecule has 0 aromatic carbocycles. The number of halogens is 1. The minimum atomic E-state index is 0.0670. The second kappa shape index (κ2) is 4.96. The SMILES string of the molecule is CN(C)CCNC(C)(C)CCl. The van der Waals surface area contributed by atoms with Gasteiger partial charge < -0.3 is 10.2 Å². The largest absolute Gasteiger partial charge is 0.309 e. The molecule has 0 aliphatic heterocycles. The van der Waals surface area contributed by atoms with Crippen LogP contribution in [0, 0.1) is 0 Å². The Morgan fingerprint density at radius 2 is 1.91 bits per heavy atom. The fraction of sp³-hybridized carbons (Fsp3) is 1.00. The molecule has 0 aliphatic carbocycles. The predicted octanol–water partition coefficient (Wildman–Crippen LogP) is 1.15. The zero-order chi connectivity index (χ0) is 8.91. The lowest BCUT2D eigenvalue weighted by atomic mass is 10.1. The molecule has 0 atom stereocenters. The highest BCUT2D eigenvalue weighted by Crippen LogP contribution is 2.02. The third kappa shape index (κ3) is 6.60. The van der Waals surface area contributed by atoms with Crippen LogP contribution in [-0.2, 0) is 0 Å². The molecule has 0 spiro atoms. The van der Waals surface area contributed by atoms with Crippen LogP contribution in [0.1, 0.15) is 13.8 Å². The van der Waals surface area contributed by atoms with Gasteiger partial charge in [-0.15, -0.1) is 11.6 Å². The van der Waals surface area contributed by atoms with Gasteiger partial charge in [0.1, 0.15) is 0 Å². The van der Waals surface area contributed by atoms with Crippen molar-refractivity contribution in [1.82, 2.24) is 10.2 Å². The Bertz CT molecular complexity index is 102. The molecular formula is C8H19ClN2. The van der Waals surface area contributed by atoms with Gasteiger partial charge in [-0.25, -0.2) is 0 Å². The highest BCUT2D eigenvalue weighted by molar-refractivity contribution is 6.18. The Labute approximate surface area is 74.9 Å². The third-order valence-electron chi connectivity index (χ3n) is 1.50. The van der Waals surface area contributed by atoms with Crippen LogP contribution in [0.15, 0.2) is 0 Å². The van der Waals surface area contributed by atoms with Crippen LogP contribution in [0.5, 0.6) is 0 Å². The minimum Gasteiger partial charge on any atom is -0.309 e. The van der Waals surface area contributed by atoms with Gasteiger partial charge in [0.25, 0.3) is 0 Å². The van der Waals surface area contributed by atoms with Crippen LogP contribution >= 0.6 is 11.6 Å². The smallest absolute Gasteiger partial charge is 0.0400 e. The van der Waals surface area contributed by atoms with Gasteiger partial charge in [-0.2, -0.15) is 0 Å². The highest BCUT2D eigenvalue weighted by atomic mass is 35.5. The monoisotopic (exact) mass is 178 g/mol. The van der Waals surface area contributed by atoms with Gasteiger partial charge in [0.15, 0.2) is 0 Å². The number of hydrogen-bond donors (Lipinski definition) is 1. The number of rotatable bonds is 5. The summed E-state index contributed by atoms with van der Waals surface area (Å²) < 4.78 is 0. The molecule has 0 saturated carbocycles. The van der Waals surface area contributed by atoms with Crippen molar-refractivity contribution in [3.05, 3.63) is 0 Å². The minimum absolute atomic E-state index is 0.0670. The average molecular weight is 179 g/mol. The van der Waals surface area contributed by atoms with E-state index in [-0.39, 0.29) is 5.54 Å². The lowest BCUT2D eigenvalue weighted by Gasteiger charge is -2.24. The molecule has 0 aromatic rings. The second-order valence-corrected chi connectivity index (χ2v) is 4.01. The van der Waals surface area contributed by atoms with Gasteiger partial charge in [-0.05, 0) is 27.9 Å². The predicted molar refractivity (Wildman–Crippen MR) is 51.4 cm³/mol. The zero-order valence-electron chi connectivity index (χ0n) is 7.95.